The lowest BCUT2D eigenvalue weighted by Crippen LogP contribution is -2.36. The molecule has 1 heterocycles. The number of carbonyl (C=O) groups is 1. The number of benzene rings is 1. The number of nitrogens with zero attached hydrogens (tertiary/aromatic N) is 1. The van der Waals surface area contributed by atoms with E-state index in [9.17, 15) is 9.18 Å². The minimum atomic E-state index is -0.249. The van der Waals surface area contributed by atoms with Crippen LogP contribution in [0.3, 0.4) is 0 Å². The molecule has 0 aliphatic heterocycles. The van der Waals surface area contributed by atoms with Gasteiger partial charge in [-0.25, -0.2) is 0 Å². The average molecular weight is 330 g/mol. The number of alkyl halides is 1. The number of aryl methyl sites for hydroxylation is 1. The maximum atomic E-state index is 12.7. The smallest absolute Gasteiger partial charge is 0.253 e. The van der Waals surface area contributed by atoms with Gasteiger partial charge in [0, 0.05) is 29.7 Å². The van der Waals surface area contributed by atoms with Gasteiger partial charge in [0.2, 0.25) is 0 Å². The number of hydrogen-bond donors (Lipinski definition) is 1. The molecular weight excluding hydrogens is 303 g/mol. The Morgan fingerprint density at radius 1 is 1.12 bits per heavy atom. The number of nitrogens with one attached hydrogen (secondary N) is 1. The van der Waals surface area contributed by atoms with Crippen molar-refractivity contribution < 1.29 is 9.18 Å². The Balaban J connectivity index is 1.75. The molecule has 1 aliphatic rings. The van der Waals surface area contributed by atoms with Crippen molar-refractivity contribution in [1.29, 1.82) is 0 Å². The first-order chi connectivity index (χ1) is 11.8. The van der Waals surface area contributed by atoms with Gasteiger partial charge in [0.15, 0.2) is 0 Å². The van der Waals surface area contributed by atoms with Crippen LogP contribution in [0, 0.1) is 0 Å². The Bertz CT molecular complexity index is 673. The van der Waals surface area contributed by atoms with Gasteiger partial charge in [-0.15, -0.1) is 0 Å². The molecule has 1 aliphatic carbocycles. The molecule has 130 valence electrons. The SMILES string of the molecule is O=C(NC1CCCCC1)c1cn(CCCCCF)c2ccccc12. The molecule has 3 nitrogen and oxygen atoms in total. The maximum absolute atomic E-state index is 12.7. The quantitative estimate of drug-likeness (QED) is 0.724. The number of unbranched alkanes of at least 4 members (excludes halogenated alkanes) is 2. The lowest BCUT2D eigenvalue weighted by atomic mass is 9.95. The summed E-state index contributed by atoms with van der Waals surface area (Å²) in [4.78, 5) is 12.7. The second-order valence-corrected chi connectivity index (χ2v) is 6.81. The highest BCUT2D eigenvalue weighted by Crippen LogP contribution is 2.23. The van der Waals surface area contributed by atoms with Gasteiger partial charge in [-0.05, 0) is 38.2 Å². The fourth-order valence-electron chi connectivity index (χ4n) is 3.68. The topological polar surface area (TPSA) is 34.0 Å². The van der Waals surface area contributed by atoms with E-state index in [1.54, 1.807) is 0 Å². The van der Waals surface area contributed by atoms with E-state index in [-0.39, 0.29) is 12.6 Å². The van der Waals surface area contributed by atoms with Gasteiger partial charge in [-0.3, -0.25) is 9.18 Å². The van der Waals surface area contributed by atoms with E-state index in [2.05, 4.69) is 16.0 Å². The first-order valence-electron chi connectivity index (χ1n) is 9.24. The van der Waals surface area contributed by atoms with Crippen LogP contribution >= 0.6 is 0 Å². The summed E-state index contributed by atoms with van der Waals surface area (Å²) in [6, 6.07) is 8.37. The minimum Gasteiger partial charge on any atom is -0.349 e. The summed E-state index contributed by atoms with van der Waals surface area (Å²) in [7, 11) is 0. The number of halogens is 1. The van der Waals surface area contributed by atoms with Crippen molar-refractivity contribution in [2.75, 3.05) is 6.67 Å². The number of amides is 1. The Morgan fingerprint density at radius 2 is 1.92 bits per heavy atom. The largest absolute Gasteiger partial charge is 0.349 e. The Labute approximate surface area is 143 Å². The third-order valence-electron chi connectivity index (χ3n) is 5.01. The van der Waals surface area contributed by atoms with Crippen molar-refractivity contribution in [3.8, 4) is 0 Å². The first-order valence-corrected chi connectivity index (χ1v) is 9.24. The molecule has 1 N–H and O–H groups in total. The summed E-state index contributed by atoms with van der Waals surface area (Å²) in [5.74, 6) is 0.0422. The Morgan fingerprint density at radius 3 is 2.71 bits per heavy atom. The normalized spacial score (nSPS) is 15.7. The van der Waals surface area contributed by atoms with E-state index in [1.807, 2.05) is 24.4 Å². The van der Waals surface area contributed by atoms with Gasteiger partial charge >= 0.3 is 0 Å². The predicted octanol–water partition coefficient (Wildman–Crippen LogP) is 4.84. The molecular formula is C20H27FN2O. The van der Waals surface area contributed by atoms with Crippen molar-refractivity contribution in [1.82, 2.24) is 9.88 Å². The molecule has 0 atom stereocenters. The van der Waals surface area contributed by atoms with Crippen LogP contribution in [0.1, 0.15) is 61.7 Å². The molecule has 1 aromatic carbocycles. The first kappa shape index (κ1) is 17.0. The van der Waals surface area contributed by atoms with Crippen LogP contribution in [-0.4, -0.2) is 23.2 Å². The third kappa shape index (κ3) is 3.97. The fraction of sp³-hybridized carbons (Fsp3) is 0.550. The van der Waals surface area contributed by atoms with Gasteiger partial charge in [0.05, 0.1) is 12.2 Å². The number of para-hydroxylation sites is 1. The van der Waals surface area contributed by atoms with Crippen molar-refractivity contribution in [3.63, 3.8) is 0 Å². The summed E-state index contributed by atoms with van der Waals surface area (Å²) >= 11 is 0. The van der Waals surface area contributed by atoms with Crippen LogP contribution in [0.2, 0.25) is 0 Å². The molecule has 0 bridgehead atoms. The summed E-state index contributed by atoms with van der Waals surface area (Å²) in [6.45, 7) is 0.582. The molecule has 0 radical (unpaired) electrons. The van der Waals surface area contributed by atoms with Gasteiger partial charge in [0.1, 0.15) is 0 Å². The second kappa shape index (κ2) is 8.32. The molecule has 4 heteroatoms. The van der Waals surface area contributed by atoms with Crippen molar-refractivity contribution >= 4 is 16.8 Å². The molecule has 1 fully saturated rings. The fourth-order valence-corrected chi connectivity index (χ4v) is 3.68. The zero-order valence-electron chi connectivity index (χ0n) is 14.3. The summed E-state index contributed by atoms with van der Waals surface area (Å²) in [5, 5.41) is 4.23. The lowest BCUT2D eigenvalue weighted by molar-refractivity contribution is 0.0929. The van der Waals surface area contributed by atoms with Gasteiger partial charge < -0.3 is 9.88 Å². The second-order valence-electron chi connectivity index (χ2n) is 6.81. The van der Waals surface area contributed by atoms with Crippen LogP contribution in [-0.2, 0) is 6.54 Å². The molecule has 1 aromatic heterocycles. The molecule has 0 saturated heterocycles. The van der Waals surface area contributed by atoms with E-state index < -0.39 is 0 Å². The summed E-state index contributed by atoms with van der Waals surface area (Å²) in [6.07, 6.45) is 10.3. The van der Waals surface area contributed by atoms with Crippen LogP contribution in [0.25, 0.3) is 10.9 Å². The number of aromatic nitrogens is 1. The minimum absolute atomic E-state index is 0.0422. The van der Waals surface area contributed by atoms with Crippen LogP contribution in [0.15, 0.2) is 30.5 Å². The molecule has 1 amide bonds. The molecule has 3 rings (SSSR count). The monoisotopic (exact) mass is 330 g/mol. The Kier molecular flexibility index (Phi) is 5.89. The molecule has 1 saturated carbocycles. The number of rotatable bonds is 7. The van der Waals surface area contributed by atoms with Crippen molar-refractivity contribution in [3.05, 3.63) is 36.0 Å². The zero-order valence-corrected chi connectivity index (χ0v) is 14.3. The number of carbonyl (C=O) groups excluding carboxylic acids is 1. The highest BCUT2D eigenvalue weighted by molar-refractivity contribution is 6.07. The molecule has 0 spiro atoms. The number of fused-ring (bicyclic) bond motifs is 1. The van der Waals surface area contributed by atoms with E-state index in [0.717, 1.165) is 48.7 Å². The Hall–Kier alpha value is -1.84. The summed E-state index contributed by atoms with van der Waals surface area (Å²) in [5.41, 5.74) is 1.85. The number of hydrogen-bond acceptors (Lipinski definition) is 1. The molecule has 2 aromatic rings. The average Bonchev–Trinajstić information content (AvgIpc) is 2.99. The van der Waals surface area contributed by atoms with Crippen LogP contribution < -0.4 is 5.32 Å². The van der Waals surface area contributed by atoms with E-state index in [0.29, 0.717) is 12.5 Å². The van der Waals surface area contributed by atoms with Gasteiger partial charge in [0.25, 0.3) is 5.91 Å². The van der Waals surface area contributed by atoms with Crippen LogP contribution in [0.5, 0.6) is 0 Å². The highest BCUT2D eigenvalue weighted by atomic mass is 19.1. The predicted molar refractivity (Wildman–Crippen MR) is 96.1 cm³/mol. The van der Waals surface area contributed by atoms with Gasteiger partial charge in [-0.2, -0.15) is 0 Å². The lowest BCUT2D eigenvalue weighted by Gasteiger charge is -2.22. The standard InChI is InChI=1S/C20H27FN2O/c21-13-7-2-8-14-23-15-18(17-11-5-6-12-19(17)23)20(24)22-16-9-3-1-4-10-16/h5-6,11-12,15-16H,1-4,7-10,13-14H2,(H,22,24). The van der Waals surface area contributed by atoms with E-state index >= 15 is 0 Å². The zero-order chi connectivity index (χ0) is 16.8. The molecule has 24 heavy (non-hydrogen) atoms. The van der Waals surface area contributed by atoms with Crippen molar-refractivity contribution in [2.24, 2.45) is 0 Å². The van der Waals surface area contributed by atoms with E-state index in [4.69, 9.17) is 0 Å². The maximum Gasteiger partial charge on any atom is 0.253 e. The summed E-state index contributed by atoms with van der Waals surface area (Å²) < 4.78 is 14.4. The third-order valence-corrected chi connectivity index (χ3v) is 5.01. The van der Waals surface area contributed by atoms with Crippen molar-refractivity contribution in [2.45, 2.75) is 64.0 Å². The van der Waals surface area contributed by atoms with Crippen LogP contribution in [0.4, 0.5) is 4.39 Å². The molecule has 0 unspecified atom stereocenters. The highest BCUT2D eigenvalue weighted by Gasteiger charge is 2.19. The van der Waals surface area contributed by atoms with E-state index in [1.165, 1.54) is 19.3 Å². The van der Waals surface area contributed by atoms with Gasteiger partial charge in [-0.1, -0.05) is 37.5 Å².